The molecule has 2 saturated heterocycles. The Kier molecular flexibility index (Phi) is 5.41. The Balaban J connectivity index is 1.53. The molecule has 6 heteroatoms. The molecular weight excluding hydrogens is 326 g/mol. The molecule has 2 aliphatic rings. The van der Waals surface area contributed by atoms with E-state index in [1.165, 1.54) is 0 Å². The van der Waals surface area contributed by atoms with Crippen molar-refractivity contribution in [2.24, 2.45) is 0 Å². The van der Waals surface area contributed by atoms with Crippen LogP contribution in [0, 0.1) is 0 Å². The van der Waals surface area contributed by atoms with Crippen molar-refractivity contribution in [1.82, 2.24) is 9.80 Å². The topological polar surface area (TPSA) is 43.9 Å². The number of likely N-dealkylation sites (N-methyl/N-ethyl adjacent to an activating group) is 1. The van der Waals surface area contributed by atoms with E-state index in [-0.39, 0.29) is 17.9 Å². The Bertz CT molecular complexity index is 622. The van der Waals surface area contributed by atoms with Crippen molar-refractivity contribution in [2.45, 2.75) is 31.7 Å². The molecule has 0 unspecified atom stereocenters. The molecule has 0 aliphatic carbocycles. The van der Waals surface area contributed by atoms with Gasteiger partial charge in [-0.25, -0.2) is 0 Å². The molecular formula is C18H24ClN3O2. The minimum absolute atomic E-state index is 0.101. The number of amides is 2. The number of anilines is 1. The summed E-state index contributed by atoms with van der Waals surface area (Å²) in [6.07, 6.45) is 3.37. The molecule has 0 aromatic heterocycles. The summed E-state index contributed by atoms with van der Waals surface area (Å²) in [5.74, 6) is 0.377. The zero-order valence-electron chi connectivity index (χ0n) is 14.1. The minimum atomic E-state index is -0.101. The number of hydrogen-bond acceptors (Lipinski definition) is 3. The van der Waals surface area contributed by atoms with Gasteiger partial charge in [-0.3, -0.25) is 14.5 Å². The van der Waals surface area contributed by atoms with Crippen LogP contribution >= 0.6 is 11.6 Å². The Morgan fingerprint density at radius 3 is 2.75 bits per heavy atom. The first-order valence-corrected chi connectivity index (χ1v) is 8.99. The maximum Gasteiger partial charge on any atom is 0.244 e. The van der Waals surface area contributed by atoms with Gasteiger partial charge in [0.2, 0.25) is 11.8 Å². The fourth-order valence-corrected chi connectivity index (χ4v) is 3.83. The molecule has 2 heterocycles. The second-order valence-corrected chi connectivity index (χ2v) is 6.97. The van der Waals surface area contributed by atoms with Crippen LogP contribution in [-0.4, -0.2) is 60.9 Å². The molecule has 2 fully saturated rings. The van der Waals surface area contributed by atoms with Gasteiger partial charge in [0.15, 0.2) is 0 Å². The van der Waals surface area contributed by atoms with Gasteiger partial charge in [0.25, 0.3) is 0 Å². The Hall–Kier alpha value is -1.59. The summed E-state index contributed by atoms with van der Waals surface area (Å²) in [5, 5.41) is 0.613. The molecule has 2 amide bonds. The third kappa shape index (κ3) is 3.57. The van der Waals surface area contributed by atoms with Crippen LogP contribution in [0.2, 0.25) is 5.02 Å². The van der Waals surface area contributed by atoms with Gasteiger partial charge in [-0.1, -0.05) is 23.7 Å². The lowest BCUT2D eigenvalue weighted by atomic mass is 10.2. The predicted molar refractivity (Wildman–Crippen MR) is 95.3 cm³/mol. The minimum Gasteiger partial charge on any atom is -0.343 e. The molecule has 2 aliphatic heterocycles. The SMILES string of the molecule is CN(CCCN1CCCC1=O)[C@H]1CCN(c2ccccc2Cl)C1=O. The van der Waals surface area contributed by atoms with Gasteiger partial charge in [-0.15, -0.1) is 0 Å². The lowest BCUT2D eigenvalue weighted by Gasteiger charge is -2.25. The fraction of sp³-hybridized carbons (Fsp3) is 0.556. The highest BCUT2D eigenvalue weighted by Gasteiger charge is 2.35. The highest BCUT2D eigenvalue weighted by molar-refractivity contribution is 6.33. The first kappa shape index (κ1) is 17.2. The summed E-state index contributed by atoms with van der Waals surface area (Å²) in [7, 11) is 1.99. The number of benzene rings is 1. The van der Waals surface area contributed by atoms with Gasteiger partial charge in [0, 0.05) is 32.6 Å². The fourth-order valence-electron chi connectivity index (χ4n) is 3.59. The Labute approximate surface area is 148 Å². The maximum atomic E-state index is 12.7. The summed E-state index contributed by atoms with van der Waals surface area (Å²) in [5.41, 5.74) is 0.794. The highest BCUT2D eigenvalue weighted by Crippen LogP contribution is 2.30. The van der Waals surface area contributed by atoms with Crippen molar-refractivity contribution in [3.05, 3.63) is 29.3 Å². The van der Waals surface area contributed by atoms with Crippen molar-refractivity contribution in [2.75, 3.05) is 38.1 Å². The molecule has 0 N–H and O–H groups in total. The normalized spacial score (nSPS) is 21.4. The van der Waals surface area contributed by atoms with Crippen molar-refractivity contribution in [3.8, 4) is 0 Å². The van der Waals surface area contributed by atoms with E-state index in [1.807, 2.05) is 36.2 Å². The van der Waals surface area contributed by atoms with E-state index in [9.17, 15) is 9.59 Å². The van der Waals surface area contributed by atoms with Gasteiger partial charge in [0.05, 0.1) is 16.8 Å². The summed E-state index contributed by atoms with van der Waals surface area (Å²) >= 11 is 6.22. The largest absolute Gasteiger partial charge is 0.343 e. The third-order valence-corrected chi connectivity index (χ3v) is 5.28. The number of carbonyl (C=O) groups excluding carboxylic acids is 2. The molecule has 1 aromatic carbocycles. The Morgan fingerprint density at radius 2 is 2.04 bits per heavy atom. The summed E-state index contributed by atoms with van der Waals surface area (Å²) < 4.78 is 0. The van der Waals surface area contributed by atoms with E-state index >= 15 is 0 Å². The second-order valence-electron chi connectivity index (χ2n) is 6.56. The van der Waals surface area contributed by atoms with Crippen LogP contribution in [0.3, 0.4) is 0 Å². The van der Waals surface area contributed by atoms with Crippen molar-refractivity contribution in [3.63, 3.8) is 0 Å². The molecule has 24 heavy (non-hydrogen) atoms. The molecule has 130 valence electrons. The predicted octanol–water partition coefficient (Wildman–Crippen LogP) is 2.39. The van der Waals surface area contributed by atoms with E-state index in [2.05, 4.69) is 4.90 Å². The van der Waals surface area contributed by atoms with Gasteiger partial charge >= 0.3 is 0 Å². The quantitative estimate of drug-likeness (QED) is 0.792. The van der Waals surface area contributed by atoms with E-state index < -0.39 is 0 Å². The van der Waals surface area contributed by atoms with Crippen LogP contribution in [0.1, 0.15) is 25.7 Å². The van der Waals surface area contributed by atoms with Crippen molar-refractivity contribution < 1.29 is 9.59 Å². The lowest BCUT2D eigenvalue weighted by Crippen LogP contribution is -2.41. The smallest absolute Gasteiger partial charge is 0.244 e. The second kappa shape index (κ2) is 7.53. The molecule has 0 radical (unpaired) electrons. The van der Waals surface area contributed by atoms with Crippen LogP contribution < -0.4 is 4.90 Å². The lowest BCUT2D eigenvalue weighted by molar-refractivity contribution is -0.128. The van der Waals surface area contributed by atoms with Gasteiger partial charge in [-0.05, 0) is 38.4 Å². The number of nitrogens with zero attached hydrogens (tertiary/aromatic N) is 3. The summed E-state index contributed by atoms with van der Waals surface area (Å²) in [4.78, 5) is 30.2. The molecule has 0 saturated carbocycles. The number of rotatable bonds is 6. The van der Waals surface area contributed by atoms with Crippen LogP contribution in [0.4, 0.5) is 5.69 Å². The van der Waals surface area contributed by atoms with Crippen LogP contribution in [-0.2, 0) is 9.59 Å². The highest BCUT2D eigenvalue weighted by atomic mass is 35.5. The molecule has 3 rings (SSSR count). The summed E-state index contributed by atoms with van der Waals surface area (Å²) in [6.45, 7) is 3.18. The maximum absolute atomic E-state index is 12.7. The van der Waals surface area contributed by atoms with Gasteiger partial charge < -0.3 is 9.80 Å². The first-order chi connectivity index (χ1) is 11.6. The molecule has 1 atom stereocenters. The van der Waals surface area contributed by atoms with Gasteiger partial charge in [-0.2, -0.15) is 0 Å². The third-order valence-electron chi connectivity index (χ3n) is 4.96. The summed E-state index contributed by atoms with van der Waals surface area (Å²) in [6, 6.07) is 7.37. The van der Waals surface area contributed by atoms with Crippen LogP contribution in [0.25, 0.3) is 0 Å². The number of likely N-dealkylation sites (tertiary alicyclic amines) is 1. The molecule has 5 nitrogen and oxygen atoms in total. The average Bonchev–Trinajstić information content (AvgIpc) is 3.14. The molecule has 0 bridgehead atoms. The first-order valence-electron chi connectivity index (χ1n) is 8.62. The van der Waals surface area contributed by atoms with E-state index in [0.717, 1.165) is 44.6 Å². The Morgan fingerprint density at radius 1 is 1.25 bits per heavy atom. The standard InChI is InChI=1S/C18H24ClN3O2/c1-20(10-5-12-21-11-4-8-17(21)23)16-9-13-22(18(16)24)15-7-3-2-6-14(15)19/h2-3,6-7,16H,4-5,8-13H2,1H3/t16-/m0/s1. The average molecular weight is 350 g/mol. The van der Waals surface area contributed by atoms with Crippen LogP contribution in [0.15, 0.2) is 24.3 Å². The molecule has 0 spiro atoms. The molecule has 1 aromatic rings. The van der Waals surface area contributed by atoms with Crippen LogP contribution in [0.5, 0.6) is 0 Å². The number of hydrogen-bond donors (Lipinski definition) is 0. The zero-order valence-corrected chi connectivity index (χ0v) is 14.8. The zero-order chi connectivity index (χ0) is 17.1. The van der Waals surface area contributed by atoms with Crippen molar-refractivity contribution in [1.29, 1.82) is 0 Å². The van der Waals surface area contributed by atoms with E-state index in [1.54, 1.807) is 4.90 Å². The van der Waals surface area contributed by atoms with Gasteiger partial charge in [0.1, 0.15) is 0 Å². The number of carbonyl (C=O) groups is 2. The van der Waals surface area contributed by atoms with Crippen molar-refractivity contribution >= 4 is 29.1 Å². The van der Waals surface area contributed by atoms with E-state index in [4.69, 9.17) is 11.6 Å². The number of halogens is 1. The number of para-hydroxylation sites is 1. The monoisotopic (exact) mass is 349 g/mol. The van der Waals surface area contributed by atoms with E-state index in [0.29, 0.717) is 18.0 Å².